The van der Waals surface area contributed by atoms with Gasteiger partial charge >= 0.3 is 7.59 Å². The third-order valence-electron chi connectivity index (χ3n) is 2.79. The summed E-state index contributed by atoms with van der Waals surface area (Å²) in [6, 6.07) is 0. The Bertz CT molecular complexity index is 318. The Morgan fingerprint density at radius 3 is 1.72 bits per heavy atom. The van der Waals surface area contributed by atoms with E-state index in [4.69, 9.17) is 0 Å². The molecule has 0 heterocycles. The third kappa shape index (κ3) is 4.20. The third-order valence-corrected chi connectivity index (χ3v) is 8.32. The van der Waals surface area contributed by atoms with Crippen molar-refractivity contribution in [1.29, 1.82) is 0 Å². The molecule has 0 bridgehead atoms. The van der Waals surface area contributed by atoms with Gasteiger partial charge in [-0.05, 0) is 53.7 Å². The molecule has 0 saturated carbocycles. The van der Waals surface area contributed by atoms with Crippen molar-refractivity contribution in [1.82, 2.24) is 14.0 Å². The fourth-order valence-corrected chi connectivity index (χ4v) is 5.34. The van der Waals surface area contributed by atoms with Crippen LogP contribution >= 0.6 is 31.1 Å². The van der Waals surface area contributed by atoms with Crippen LogP contribution < -0.4 is 0 Å². The molecule has 0 aromatic rings. The largest absolute Gasteiger partial charge is 0.309 e. The Labute approximate surface area is 121 Å². The summed E-state index contributed by atoms with van der Waals surface area (Å²) in [6.45, 7) is 2.01. The molecule has 0 saturated heterocycles. The standard InChI is InChI=1S/C11H26N3OPS2/c1-10(9-11(17-7)18-8)14(6)16(15,12(2)3)13(4)5/h9,11H,1-8H3/b10-9-. The highest BCUT2D eigenvalue weighted by molar-refractivity contribution is 8.16. The predicted molar refractivity (Wildman–Crippen MR) is 87.3 cm³/mol. The summed E-state index contributed by atoms with van der Waals surface area (Å²) in [5.41, 5.74) is 1.04. The zero-order valence-corrected chi connectivity index (χ0v) is 15.2. The summed E-state index contributed by atoms with van der Waals surface area (Å²) in [4.78, 5) is 0. The summed E-state index contributed by atoms with van der Waals surface area (Å²) < 4.78 is 18.9. The lowest BCUT2D eigenvalue weighted by Gasteiger charge is -2.38. The van der Waals surface area contributed by atoms with E-state index >= 15 is 0 Å². The number of hydrogen-bond acceptors (Lipinski definition) is 3. The average Bonchev–Trinajstić information content (AvgIpc) is 2.32. The molecule has 0 spiro atoms. The first-order valence-electron chi connectivity index (χ1n) is 5.65. The van der Waals surface area contributed by atoms with Crippen LogP contribution in [0.5, 0.6) is 0 Å². The topological polar surface area (TPSA) is 26.8 Å². The van der Waals surface area contributed by atoms with Gasteiger partial charge in [0, 0.05) is 12.7 Å². The SMILES string of the molecule is CSC(/C=C(/C)N(C)P(=O)(N(C)C)N(C)C)SC. The first-order valence-corrected chi connectivity index (χ1v) is 9.79. The van der Waals surface area contributed by atoms with E-state index < -0.39 is 7.59 Å². The molecule has 4 nitrogen and oxygen atoms in total. The van der Waals surface area contributed by atoms with Crippen molar-refractivity contribution in [2.45, 2.75) is 11.5 Å². The maximum atomic E-state index is 13.0. The summed E-state index contributed by atoms with van der Waals surface area (Å²) in [5.74, 6) is 0. The van der Waals surface area contributed by atoms with E-state index in [-0.39, 0.29) is 0 Å². The van der Waals surface area contributed by atoms with E-state index in [2.05, 4.69) is 18.6 Å². The number of nitrogens with zero attached hydrogens (tertiary/aromatic N) is 3. The molecule has 0 amide bonds. The number of hydrogen-bond donors (Lipinski definition) is 0. The molecule has 7 heteroatoms. The summed E-state index contributed by atoms with van der Waals surface area (Å²) in [6.07, 6.45) is 6.33. The minimum atomic E-state index is -2.67. The maximum absolute atomic E-state index is 13.0. The van der Waals surface area contributed by atoms with Crippen molar-refractivity contribution in [3.63, 3.8) is 0 Å². The van der Waals surface area contributed by atoms with Gasteiger partial charge in [-0.3, -0.25) is 4.57 Å². The molecule has 0 aliphatic rings. The zero-order valence-electron chi connectivity index (χ0n) is 12.7. The molecule has 0 aromatic carbocycles. The lowest BCUT2D eigenvalue weighted by atomic mass is 10.5. The summed E-state index contributed by atoms with van der Waals surface area (Å²) >= 11 is 3.57. The quantitative estimate of drug-likeness (QED) is 0.530. The Balaban J connectivity index is 5.23. The number of allylic oxidation sites excluding steroid dienone is 1. The van der Waals surface area contributed by atoms with Crippen molar-refractivity contribution >= 4 is 31.1 Å². The molecular weight excluding hydrogens is 285 g/mol. The monoisotopic (exact) mass is 311 g/mol. The average molecular weight is 311 g/mol. The fraction of sp³-hybridized carbons (Fsp3) is 0.818. The smallest absolute Gasteiger partial charge is 0.306 e. The predicted octanol–water partition coefficient (Wildman–Crippen LogP) is 3.11. The van der Waals surface area contributed by atoms with E-state index in [0.29, 0.717) is 4.58 Å². The van der Waals surface area contributed by atoms with E-state index in [1.54, 1.807) is 32.9 Å². The van der Waals surface area contributed by atoms with Crippen LogP contribution in [0.1, 0.15) is 6.92 Å². The second kappa shape index (κ2) is 7.85. The summed E-state index contributed by atoms with van der Waals surface area (Å²) in [7, 11) is 6.63. The first kappa shape index (κ1) is 18.4. The van der Waals surface area contributed by atoms with Gasteiger partial charge in [-0.25, -0.2) is 9.34 Å². The van der Waals surface area contributed by atoms with Gasteiger partial charge in [-0.15, -0.1) is 23.5 Å². The Morgan fingerprint density at radius 2 is 1.44 bits per heavy atom. The number of rotatable bonds is 7. The molecule has 0 unspecified atom stereocenters. The van der Waals surface area contributed by atoms with Crippen LogP contribution in [0.25, 0.3) is 0 Å². The minimum Gasteiger partial charge on any atom is -0.306 e. The van der Waals surface area contributed by atoms with Gasteiger partial charge in [0.05, 0.1) is 4.58 Å². The van der Waals surface area contributed by atoms with E-state index in [1.807, 2.05) is 46.8 Å². The lowest BCUT2D eigenvalue weighted by molar-refractivity contribution is 0.386. The zero-order chi connectivity index (χ0) is 14.5. The van der Waals surface area contributed by atoms with Crippen LogP contribution in [0.3, 0.4) is 0 Å². The Kier molecular flexibility index (Phi) is 8.02. The molecule has 18 heavy (non-hydrogen) atoms. The highest BCUT2D eigenvalue weighted by Gasteiger charge is 2.33. The molecule has 108 valence electrons. The van der Waals surface area contributed by atoms with Gasteiger partial charge in [0.15, 0.2) is 0 Å². The molecular formula is C11H26N3OPS2. The second-order valence-corrected chi connectivity index (χ2v) is 9.86. The van der Waals surface area contributed by atoms with Crippen molar-refractivity contribution in [3.8, 4) is 0 Å². The van der Waals surface area contributed by atoms with Gasteiger partial charge in [-0.1, -0.05) is 0 Å². The van der Waals surface area contributed by atoms with Gasteiger partial charge in [-0.2, -0.15) is 0 Å². The van der Waals surface area contributed by atoms with Crippen molar-refractivity contribution in [3.05, 3.63) is 11.8 Å². The van der Waals surface area contributed by atoms with E-state index in [0.717, 1.165) is 5.70 Å². The van der Waals surface area contributed by atoms with Crippen molar-refractivity contribution in [2.75, 3.05) is 47.7 Å². The highest BCUT2D eigenvalue weighted by atomic mass is 32.2. The van der Waals surface area contributed by atoms with E-state index in [1.165, 1.54) is 0 Å². The van der Waals surface area contributed by atoms with Crippen molar-refractivity contribution < 1.29 is 4.57 Å². The van der Waals surface area contributed by atoms with Gasteiger partial charge < -0.3 is 4.67 Å². The Morgan fingerprint density at radius 1 is 1.06 bits per heavy atom. The normalized spacial score (nSPS) is 13.8. The highest BCUT2D eigenvalue weighted by Crippen LogP contribution is 2.53. The minimum absolute atomic E-state index is 0.394. The molecule has 0 atom stereocenters. The molecule has 0 rings (SSSR count). The van der Waals surface area contributed by atoms with Gasteiger partial charge in [0.25, 0.3) is 0 Å². The molecule has 0 aliphatic heterocycles. The van der Waals surface area contributed by atoms with Crippen LogP contribution in [0.4, 0.5) is 0 Å². The van der Waals surface area contributed by atoms with E-state index in [9.17, 15) is 4.57 Å². The lowest BCUT2D eigenvalue weighted by Crippen LogP contribution is -2.31. The first-order chi connectivity index (χ1) is 8.21. The summed E-state index contributed by atoms with van der Waals surface area (Å²) in [5, 5.41) is 0. The van der Waals surface area contributed by atoms with Crippen LogP contribution in [-0.2, 0) is 4.57 Å². The van der Waals surface area contributed by atoms with Crippen molar-refractivity contribution in [2.24, 2.45) is 0 Å². The molecule has 0 N–H and O–H groups in total. The molecule has 0 fully saturated rings. The van der Waals surface area contributed by atoms with Crippen LogP contribution in [0.15, 0.2) is 11.8 Å². The Hall–Kier alpha value is 0.390. The second-order valence-electron chi connectivity index (χ2n) is 4.38. The molecule has 0 aliphatic carbocycles. The van der Waals surface area contributed by atoms with Crippen LogP contribution in [0.2, 0.25) is 0 Å². The van der Waals surface area contributed by atoms with Crippen LogP contribution in [-0.4, -0.2) is 66.3 Å². The molecule has 0 radical (unpaired) electrons. The maximum Gasteiger partial charge on any atom is 0.309 e. The van der Waals surface area contributed by atoms with Gasteiger partial charge in [0.1, 0.15) is 0 Å². The number of thioether (sulfide) groups is 2. The van der Waals surface area contributed by atoms with Crippen LogP contribution in [0, 0.1) is 0 Å². The fourth-order valence-electron chi connectivity index (χ4n) is 1.64. The van der Waals surface area contributed by atoms with Gasteiger partial charge in [0.2, 0.25) is 0 Å². The molecule has 0 aromatic heterocycles.